The van der Waals surface area contributed by atoms with Gasteiger partial charge in [0.2, 0.25) is 0 Å². The van der Waals surface area contributed by atoms with Crippen molar-refractivity contribution in [1.82, 2.24) is 5.32 Å². The normalized spacial score (nSPS) is 11.7. The van der Waals surface area contributed by atoms with Gasteiger partial charge in [0.1, 0.15) is 0 Å². The zero-order valence-electron chi connectivity index (χ0n) is 8.78. The largest absolute Gasteiger partial charge is 0.389 e. The van der Waals surface area contributed by atoms with Crippen LogP contribution in [0, 0.1) is 0 Å². The predicted octanol–water partition coefficient (Wildman–Crippen LogP) is 2.51. The maximum atomic E-state index is 11.7. The molecule has 0 rings (SSSR count). The minimum absolute atomic E-state index is 0.121. The van der Waals surface area contributed by atoms with Crippen molar-refractivity contribution in [2.45, 2.75) is 25.4 Å². The van der Waals surface area contributed by atoms with E-state index in [-0.39, 0.29) is 6.42 Å². The van der Waals surface area contributed by atoms with E-state index in [2.05, 4.69) is 11.9 Å². The topological polar surface area (TPSA) is 21.3 Å². The average molecular weight is 225 g/mol. The van der Waals surface area contributed by atoms with E-state index in [9.17, 15) is 13.2 Å². The molecular formula is C10H18F3NO. The third kappa shape index (κ3) is 13.4. The van der Waals surface area contributed by atoms with Crippen molar-refractivity contribution in [2.24, 2.45) is 0 Å². The molecule has 0 fully saturated rings. The van der Waals surface area contributed by atoms with Gasteiger partial charge in [0, 0.05) is 13.0 Å². The summed E-state index contributed by atoms with van der Waals surface area (Å²) in [6.45, 7) is 5.66. The smallest absolute Gasteiger partial charge is 0.380 e. The molecular weight excluding hydrogens is 207 g/mol. The third-order valence-electron chi connectivity index (χ3n) is 1.70. The second kappa shape index (κ2) is 8.73. The fourth-order valence-electron chi connectivity index (χ4n) is 0.952. The SMILES string of the molecule is C=CCCOCCNCCCC(F)(F)F. The van der Waals surface area contributed by atoms with Crippen LogP contribution < -0.4 is 5.32 Å². The van der Waals surface area contributed by atoms with Gasteiger partial charge in [0.25, 0.3) is 0 Å². The molecule has 0 bridgehead atoms. The first-order valence-electron chi connectivity index (χ1n) is 5.02. The molecule has 5 heteroatoms. The molecule has 0 aliphatic carbocycles. The lowest BCUT2D eigenvalue weighted by Crippen LogP contribution is -2.22. The Labute approximate surface area is 88.5 Å². The van der Waals surface area contributed by atoms with Crippen LogP contribution >= 0.6 is 0 Å². The Kier molecular flexibility index (Phi) is 8.41. The number of halogens is 3. The molecule has 1 N–H and O–H groups in total. The lowest BCUT2D eigenvalue weighted by Gasteiger charge is -2.07. The summed E-state index contributed by atoms with van der Waals surface area (Å²) in [5, 5.41) is 2.88. The summed E-state index contributed by atoms with van der Waals surface area (Å²) in [5.41, 5.74) is 0. The second-order valence-electron chi connectivity index (χ2n) is 3.16. The van der Waals surface area contributed by atoms with E-state index < -0.39 is 12.6 Å². The maximum Gasteiger partial charge on any atom is 0.389 e. The van der Waals surface area contributed by atoms with Gasteiger partial charge in [-0.25, -0.2) is 0 Å². The van der Waals surface area contributed by atoms with E-state index in [0.29, 0.717) is 26.3 Å². The van der Waals surface area contributed by atoms with Crippen molar-refractivity contribution in [1.29, 1.82) is 0 Å². The number of hydrogen-bond donors (Lipinski definition) is 1. The average Bonchev–Trinajstić information content (AvgIpc) is 2.14. The van der Waals surface area contributed by atoms with Crippen LogP contribution in [0.15, 0.2) is 12.7 Å². The minimum atomic E-state index is -4.04. The van der Waals surface area contributed by atoms with E-state index in [1.165, 1.54) is 0 Å². The summed E-state index contributed by atoms with van der Waals surface area (Å²) in [7, 11) is 0. The zero-order valence-corrected chi connectivity index (χ0v) is 8.78. The van der Waals surface area contributed by atoms with Crippen LogP contribution in [0.2, 0.25) is 0 Å². The monoisotopic (exact) mass is 225 g/mol. The van der Waals surface area contributed by atoms with Crippen LogP contribution in [-0.2, 0) is 4.74 Å². The molecule has 0 unspecified atom stereocenters. The standard InChI is InChI=1S/C10H18F3NO/c1-2-3-8-15-9-7-14-6-4-5-10(11,12)13/h2,14H,1,3-9H2. The van der Waals surface area contributed by atoms with Gasteiger partial charge in [-0.3, -0.25) is 0 Å². The number of ether oxygens (including phenoxy) is 1. The van der Waals surface area contributed by atoms with Crippen LogP contribution in [0.5, 0.6) is 0 Å². The summed E-state index contributed by atoms with van der Waals surface area (Å²) in [5.74, 6) is 0. The first kappa shape index (κ1) is 14.5. The molecule has 0 atom stereocenters. The molecule has 2 nitrogen and oxygen atoms in total. The Morgan fingerprint density at radius 1 is 1.20 bits per heavy atom. The minimum Gasteiger partial charge on any atom is -0.380 e. The molecule has 0 aromatic heterocycles. The highest BCUT2D eigenvalue weighted by atomic mass is 19.4. The van der Waals surface area contributed by atoms with E-state index in [0.717, 1.165) is 6.42 Å². The Hall–Kier alpha value is -0.550. The number of rotatable bonds is 9. The zero-order chi connectivity index (χ0) is 11.6. The highest BCUT2D eigenvalue weighted by molar-refractivity contribution is 4.64. The number of nitrogens with one attached hydrogen (secondary N) is 1. The predicted molar refractivity (Wildman–Crippen MR) is 53.8 cm³/mol. The summed E-state index contributed by atoms with van der Waals surface area (Å²) < 4.78 is 40.3. The number of alkyl halides is 3. The lowest BCUT2D eigenvalue weighted by atomic mass is 10.3. The molecule has 15 heavy (non-hydrogen) atoms. The van der Waals surface area contributed by atoms with Crippen molar-refractivity contribution in [3.05, 3.63) is 12.7 Å². The van der Waals surface area contributed by atoms with Crippen LogP contribution in [0.1, 0.15) is 19.3 Å². The van der Waals surface area contributed by atoms with Gasteiger partial charge in [-0.15, -0.1) is 6.58 Å². The van der Waals surface area contributed by atoms with E-state index >= 15 is 0 Å². The van der Waals surface area contributed by atoms with E-state index in [4.69, 9.17) is 4.74 Å². The fourth-order valence-corrected chi connectivity index (χ4v) is 0.952. The van der Waals surface area contributed by atoms with E-state index in [1.807, 2.05) is 0 Å². The molecule has 0 aromatic carbocycles. The summed E-state index contributed by atoms with van der Waals surface area (Å²) in [6, 6.07) is 0. The third-order valence-corrected chi connectivity index (χ3v) is 1.70. The van der Waals surface area contributed by atoms with Gasteiger partial charge in [-0.05, 0) is 19.4 Å². The van der Waals surface area contributed by atoms with Crippen molar-refractivity contribution in [3.8, 4) is 0 Å². The lowest BCUT2D eigenvalue weighted by molar-refractivity contribution is -0.135. The van der Waals surface area contributed by atoms with Crippen LogP contribution in [0.4, 0.5) is 13.2 Å². The first-order valence-corrected chi connectivity index (χ1v) is 5.02. The summed E-state index contributed by atoms with van der Waals surface area (Å²) in [4.78, 5) is 0. The molecule has 0 saturated carbocycles. The molecule has 0 aliphatic heterocycles. The highest BCUT2D eigenvalue weighted by Gasteiger charge is 2.25. The maximum absolute atomic E-state index is 11.7. The van der Waals surface area contributed by atoms with Crippen molar-refractivity contribution >= 4 is 0 Å². The second-order valence-corrected chi connectivity index (χ2v) is 3.16. The number of hydrogen-bond acceptors (Lipinski definition) is 2. The summed E-state index contributed by atoms with van der Waals surface area (Å²) in [6.07, 6.45) is -2.08. The molecule has 0 radical (unpaired) electrons. The molecule has 0 spiro atoms. The van der Waals surface area contributed by atoms with Crippen molar-refractivity contribution in [2.75, 3.05) is 26.3 Å². The molecule has 0 heterocycles. The quantitative estimate of drug-likeness (QED) is 0.481. The van der Waals surface area contributed by atoms with Gasteiger partial charge in [0.15, 0.2) is 0 Å². The molecule has 90 valence electrons. The van der Waals surface area contributed by atoms with Crippen LogP contribution in [0.25, 0.3) is 0 Å². The molecule has 0 amide bonds. The summed E-state index contributed by atoms with van der Waals surface area (Å²) >= 11 is 0. The van der Waals surface area contributed by atoms with Crippen LogP contribution in [0.3, 0.4) is 0 Å². The van der Waals surface area contributed by atoms with Crippen molar-refractivity contribution < 1.29 is 17.9 Å². The van der Waals surface area contributed by atoms with Crippen molar-refractivity contribution in [3.63, 3.8) is 0 Å². The fraction of sp³-hybridized carbons (Fsp3) is 0.800. The molecule has 0 aromatic rings. The first-order chi connectivity index (χ1) is 7.06. The van der Waals surface area contributed by atoms with Crippen LogP contribution in [-0.4, -0.2) is 32.5 Å². The van der Waals surface area contributed by atoms with Gasteiger partial charge >= 0.3 is 6.18 Å². The van der Waals surface area contributed by atoms with Gasteiger partial charge in [-0.1, -0.05) is 6.08 Å². The molecule has 0 aliphatic rings. The van der Waals surface area contributed by atoms with Gasteiger partial charge in [-0.2, -0.15) is 13.2 Å². The Bertz CT molecular complexity index is 159. The van der Waals surface area contributed by atoms with Gasteiger partial charge < -0.3 is 10.1 Å². The van der Waals surface area contributed by atoms with Gasteiger partial charge in [0.05, 0.1) is 13.2 Å². The Morgan fingerprint density at radius 2 is 1.93 bits per heavy atom. The molecule has 0 saturated heterocycles. The highest BCUT2D eigenvalue weighted by Crippen LogP contribution is 2.20. The van der Waals surface area contributed by atoms with E-state index in [1.54, 1.807) is 6.08 Å². The Morgan fingerprint density at radius 3 is 2.53 bits per heavy atom. The Balaban J connectivity index is 3.02.